The summed E-state index contributed by atoms with van der Waals surface area (Å²) in [5.41, 5.74) is 4.01. The van der Waals surface area contributed by atoms with Gasteiger partial charge in [0.05, 0.1) is 0 Å². The Morgan fingerprint density at radius 1 is 1.19 bits per heavy atom. The fourth-order valence-corrected chi connectivity index (χ4v) is 2.05. The maximum atomic E-state index is 4.56. The Balaban J connectivity index is 3.48. The third-order valence-corrected chi connectivity index (χ3v) is 2.74. The van der Waals surface area contributed by atoms with E-state index in [0.717, 1.165) is 0 Å². The van der Waals surface area contributed by atoms with E-state index in [2.05, 4.69) is 64.7 Å². The topological polar surface area (TPSA) is 16.1 Å². The lowest BCUT2D eigenvalue weighted by Crippen LogP contribution is -2.22. The average Bonchev–Trinajstić information content (AvgIpc) is 2.15. The molecule has 1 aromatic rings. The second kappa shape index (κ2) is 4.44. The quantitative estimate of drug-likeness (QED) is 0.757. The van der Waals surface area contributed by atoms with E-state index in [9.17, 15) is 0 Å². The summed E-state index contributed by atoms with van der Waals surface area (Å²) in [5.74, 6) is 0.467. The lowest BCUT2D eigenvalue weighted by Gasteiger charge is -2.29. The Morgan fingerprint density at radius 2 is 1.75 bits per heavy atom. The van der Waals surface area contributed by atoms with Gasteiger partial charge in [0.15, 0.2) is 0 Å². The summed E-state index contributed by atoms with van der Waals surface area (Å²) in [6.07, 6.45) is 1.92. The molecule has 1 heterocycles. The van der Waals surface area contributed by atoms with E-state index in [0.29, 0.717) is 5.92 Å². The van der Waals surface area contributed by atoms with Crippen LogP contribution in [0.4, 0.5) is 5.69 Å². The first kappa shape index (κ1) is 13.0. The van der Waals surface area contributed by atoms with Gasteiger partial charge in [-0.2, -0.15) is 0 Å². The molecule has 1 rings (SSSR count). The first-order chi connectivity index (χ1) is 7.25. The molecule has 0 aliphatic carbocycles. The lowest BCUT2D eigenvalue weighted by atomic mass is 9.82. The third kappa shape index (κ3) is 2.55. The summed E-state index contributed by atoms with van der Waals surface area (Å²) in [6, 6.07) is 2.10. The molecule has 2 nitrogen and oxygen atoms in total. The molecule has 0 N–H and O–H groups in total. The lowest BCUT2D eigenvalue weighted by molar-refractivity contribution is 0.570. The zero-order valence-corrected chi connectivity index (χ0v) is 11.6. The summed E-state index contributed by atoms with van der Waals surface area (Å²) in [4.78, 5) is 6.74. The van der Waals surface area contributed by atoms with Crippen LogP contribution in [0.1, 0.15) is 51.8 Å². The van der Waals surface area contributed by atoms with Gasteiger partial charge in [-0.25, -0.2) is 0 Å². The summed E-state index contributed by atoms with van der Waals surface area (Å²) in [6.45, 7) is 11.2. The van der Waals surface area contributed by atoms with Crippen molar-refractivity contribution in [3.8, 4) is 0 Å². The normalized spacial score (nSPS) is 12.0. The Labute approximate surface area is 99.7 Å². The monoisotopic (exact) mass is 220 g/mol. The molecule has 0 fully saturated rings. The summed E-state index contributed by atoms with van der Waals surface area (Å²) >= 11 is 0. The van der Waals surface area contributed by atoms with Crippen LogP contribution < -0.4 is 4.90 Å². The van der Waals surface area contributed by atoms with E-state index in [4.69, 9.17) is 0 Å². The van der Waals surface area contributed by atoms with Crippen LogP contribution in [0.3, 0.4) is 0 Å². The van der Waals surface area contributed by atoms with Crippen molar-refractivity contribution in [2.75, 3.05) is 19.0 Å². The molecule has 0 saturated heterocycles. The van der Waals surface area contributed by atoms with Gasteiger partial charge in [-0.3, -0.25) is 4.98 Å². The van der Waals surface area contributed by atoms with Crippen LogP contribution in [-0.4, -0.2) is 19.1 Å². The molecule has 0 aromatic carbocycles. The SMILES string of the molecule is CC(C)c1nccc(N(C)C)c1C(C)(C)C. The second-order valence-electron chi connectivity index (χ2n) is 5.89. The highest BCUT2D eigenvalue weighted by Crippen LogP contribution is 2.35. The molecule has 2 heteroatoms. The fraction of sp³-hybridized carbons (Fsp3) is 0.643. The van der Waals surface area contributed by atoms with Gasteiger partial charge in [0, 0.05) is 37.2 Å². The Morgan fingerprint density at radius 3 is 2.12 bits per heavy atom. The van der Waals surface area contributed by atoms with Crippen LogP contribution >= 0.6 is 0 Å². The van der Waals surface area contributed by atoms with E-state index < -0.39 is 0 Å². The molecule has 1 aromatic heterocycles. The van der Waals surface area contributed by atoms with Crippen molar-refractivity contribution in [1.29, 1.82) is 0 Å². The van der Waals surface area contributed by atoms with Crippen LogP contribution in [0, 0.1) is 0 Å². The third-order valence-electron chi connectivity index (χ3n) is 2.74. The number of hydrogen-bond donors (Lipinski definition) is 0. The van der Waals surface area contributed by atoms with E-state index in [1.165, 1.54) is 16.9 Å². The predicted octanol–water partition coefficient (Wildman–Crippen LogP) is 3.57. The van der Waals surface area contributed by atoms with Crippen LogP contribution in [0.25, 0.3) is 0 Å². The molecule has 0 bridgehead atoms. The second-order valence-corrected chi connectivity index (χ2v) is 5.89. The number of aromatic nitrogens is 1. The van der Waals surface area contributed by atoms with Gasteiger partial charge in [0.2, 0.25) is 0 Å². The number of pyridine rings is 1. The molecule has 0 unspecified atom stereocenters. The van der Waals surface area contributed by atoms with Gasteiger partial charge in [-0.1, -0.05) is 34.6 Å². The standard InChI is InChI=1S/C14H24N2/c1-10(2)13-12(14(3,4)5)11(16(6)7)8-9-15-13/h8-10H,1-7H3. The van der Waals surface area contributed by atoms with Gasteiger partial charge in [0.25, 0.3) is 0 Å². The highest BCUT2D eigenvalue weighted by Gasteiger charge is 2.24. The number of anilines is 1. The molecular formula is C14H24N2. The molecule has 0 saturated carbocycles. The van der Waals surface area contributed by atoms with Crippen molar-refractivity contribution in [1.82, 2.24) is 4.98 Å². The number of hydrogen-bond acceptors (Lipinski definition) is 2. The van der Waals surface area contributed by atoms with Gasteiger partial charge in [-0.15, -0.1) is 0 Å². The Bertz CT molecular complexity index is 333. The van der Waals surface area contributed by atoms with E-state index >= 15 is 0 Å². The van der Waals surface area contributed by atoms with Gasteiger partial charge < -0.3 is 4.90 Å². The first-order valence-corrected chi connectivity index (χ1v) is 5.92. The molecule has 0 aliphatic heterocycles. The van der Waals surface area contributed by atoms with Gasteiger partial charge in [-0.05, 0) is 17.4 Å². The molecule has 0 radical (unpaired) electrons. The van der Waals surface area contributed by atoms with Crippen molar-refractivity contribution < 1.29 is 0 Å². The average molecular weight is 220 g/mol. The van der Waals surface area contributed by atoms with Crippen molar-refractivity contribution in [3.05, 3.63) is 23.5 Å². The van der Waals surface area contributed by atoms with Gasteiger partial charge in [0.1, 0.15) is 0 Å². The largest absolute Gasteiger partial charge is 0.377 e. The molecule has 16 heavy (non-hydrogen) atoms. The summed E-state index contributed by atoms with van der Waals surface area (Å²) in [7, 11) is 4.18. The first-order valence-electron chi connectivity index (χ1n) is 5.92. The predicted molar refractivity (Wildman–Crippen MR) is 71.4 cm³/mol. The molecule has 0 spiro atoms. The summed E-state index contributed by atoms with van der Waals surface area (Å²) in [5, 5.41) is 0. The molecule has 0 aliphatic rings. The van der Waals surface area contributed by atoms with Crippen LogP contribution in [0.15, 0.2) is 12.3 Å². The highest BCUT2D eigenvalue weighted by atomic mass is 15.1. The van der Waals surface area contributed by atoms with E-state index in [1.807, 2.05) is 6.20 Å². The van der Waals surface area contributed by atoms with Crippen molar-refractivity contribution in [2.45, 2.75) is 46.0 Å². The van der Waals surface area contributed by atoms with E-state index in [-0.39, 0.29) is 5.41 Å². The minimum atomic E-state index is 0.132. The van der Waals surface area contributed by atoms with Crippen molar-refractivity contribution in [3.63, 3.8) is 0 Å². The fourth-order valence-electron chi connectivity index (χ4n) is 2.05. The minimum Gasteiger partial charge on any atom is -0.377 e. The van der Waals surface area contributed by atoms with E-state index in [1.54, 1.807) is 0 Å². The Kier molecular flexibility index (Phi) is 3.61. The number of nitrogens with zero attached hydrogens (tertiary/aromatic N) is 2. The maximum Gasteiger partial charge on any atom is 0.0486 e. The number of rotatable bonds is 2. The molecule has 0 atom stereocenters. The van der Waals surface area contributed by atoms with Crippen LogP contribution in [0.2, 0.25) is 0 Å². The Hall–Kier alpha value is -1.05. The minimum absolute atomic E-state index is 0.132. The van der Waals surface area contributed by atoms with Crippen molar-refractivity contribution >= 4 is 5.69 Å². The summed E-state index contributed by atoms with van der Waals surface area (Å²) < 4.78 is 0. The smallest absolute Gasteiger partial charge is 0.0486 e. The zero-order chi connectivity index (χ0) is 12.5. The van der Waals surface area contributed by atoms with Crippen LogP contribution in [-0.2, 0) is 5.41 Å². The van der Waals surface area contributed by atoms with Crippen molar-refractivity contribution in [2.24, 2.45) is 0 Å². The van der Waals surface area contributed by atoms with Crippen LogP contribution in [0.5, 0.6) is 0 Å². The maximum absolute atomic E-state index is 4.56. The zero-order valence-electron chi connectivity index (χ0n) is 11.6. The molecule has 90 valence electrons. The highest BCUT2D eigenvalue weighted by molar-refractivity contribution is 5.57. The van der Waals surface area contributed by atoms with Gasteiger partial charge >= 0.3 is 0 Å². The molecule has 0 amide bonds. The molecular weight excluding hydrogens is 196 g/mol.